The number of hydrogen-bond acceptors (Lipinski definition) is 2. The molecule has 4 heteroatoms. The van der Waals surface area contributed by atoms with Crippen molar-refractivity contribution in [2.24, 2.45) is 0 Å². The molecule has 0 spiro atoms. The van der Waals surface area contributed by atoms with Crippen molar-refractivity contribution in [1.29, 1.82) is 0 Å². The lowest BCUT2D eigenvalue weighted by Gasteiger charge is -1.98. The van der Waals surface area contributed by atoms with Gasteiger partial charge in [-0.1, -0.05) is 30.3 Å². The summed E-state index contributed by atoms with van der Waals surface area (Å²) in [6.45, 7) is 4.98. The first-order valence-corrected chi connectivity index (χ1v) is 6.41. The first-order chi connectivity index (χ1) is 9.28. The van der Waals surface area contributed by atoms with E-state index in [9.17, 15) is 0 Å². The standard InChI is InChI=1S/C15H16N4/c1-3-19-10-15(12(2)17-19)18-9-14(16-11-18)13-7-5-4-6-8-13/h4-11H,3H2,1-2H3. The van der Waals surface area contributed by atoms with Crippen molar-refractivity contribution in [2.75, 3.05) is 0 Å². The van der Waals surface area contributed by atoms with Crippen LogP contribution >= 0.6 is 0 Å². The lowest BCUT2D eigenvalue weighted by Crippen LogP contribution is -1.93. The van der Waals surface area contributed by atoms with Crippen molar-refractivity contribution in [3.05, 3.63) is 54.7 Å². The molecule has 0 bridgehead atoms. The first kappa shape index (κ1) is 11.7. The molecule has 4 nitrogen and oxygen atoms in total. The van der Waals surface area contributed by atoms with E-state index in [1.165, 1.54) is 0 Å². The Hall–Kier alpha value is -2.36. The van der Waals surface area contributed by atoms with Gasteiger partial charge in [-0.15, -0.1) is 0 Å². The average Bonchev–Trinajstić information content (AvgIpc) is 3.06. The lowest BCUT2D eigenvalue weighted by molar-refractivity contribution is 0.653. The second kappa shape index (κ2) is 4.72. The third kappa shape index (κ3) is 2.17. The third-order valence-corrected chi connectivity index (χ3v) is 3.17. The monoisotopic (exact) mass is 252 g/mol. The highest BCUT2D eigenvalue weighted by Gasteiger charge is 2.08. The van der Waals surface area contributed by atoms with E-state index in [1.807, 2.05) is 53.1 Å². The maximum absolute atomic E-state index is 4.46. The van der Waals surface area contributed by atoms with Crippen LogP contribution in [0, 0.1) is 6.92 Å². The Morgan fingerprint density at radius 1 is 1.11 bits per heavy atom. The molecule has 19 heavy (non-hydrogen) atoms. The number of hydrogen-bond donors (Lipinski definition) is 0. The van der Waals surface area contributed by atoms with Gasteiger partial charge in [-0.05, 0) is 13.8 Å². The van der Waals surface area contributed by atoms with E-state index in [-0.39, 0.29) is 0 Å². The molecule has 2 aromatic heterocycles. The van der Waals surface area contributed by atoms with Crippen LogP contribution in [0.1, 0.15) is 12.6 Å². The number of aromatic nitrogens is 4. The smallest absolute Gasteiger partial charge is 0.100 e. The van der Waals surface area contributed by atoms with Crippen molar-refractivity contribution in [1.82, 2.24) is 19.3 Å². The Morgan fingerprint density at radius 2 is 1.89 bits per heavy atom. The molecular formula is C15H16N4. The second-order valence-electron chi connectivity index (χ2n) is 4.49. The fourth-order valence-corrected chi connectivity index (χ4v) is 2.14. The zero-order chi connectivity index (χ0) is 13.2. The van der Waals surface area contributed by atoms with Gasteiger partial charge in [-0.25, -0.2) is 4.98 Å². The van der Waals surface area contributed by atoms with Crippen LogP contribution in [0.5, 0.6) is 0 Å². The van der Waals surface area contributed by atoms with E-state index >= 15 is 0 Å². The van der Waals surface area contributed by atoms with Crippen LogP contribution in [0.15, 0.2) is 49.1 Å². The summed E-state index contributed by atoms with van der Waals surface area (Å²) in [6, 6.07) is 10.2. The van der Waals surface area contributed by atoms with Crippen LogP contribution in [0.25, 0.3) is 16.9 Å². The Labute approximate surface area is 112 Å². The molecule has 0 aliphatic carbocycles. The molecule has 0 aliphatic rings. The van der Waals surface area contributed by atoms with E-state index in [2.05, 4.69) is 29.1 Å². The Balaban J connectivity index is 1.99. The predicted molar refractivity (Wildman–Crippen MR) is 75.2 cm³/mol. The van der Waals surface area contributed by atoms with E-state index < -0.39 is 0 Å². The number of rotatable bonds is 3. The minimum Gasteiger partial charge on any atom is -0.302 e. The van der Waals surface area contributed by atoms with E-state index in [4.69, 9.17) is 0 Å². The molecule has 0 saturated heterocycles. The molecule has 1 aromatic carbocycles. The van der Waals surface area contributed by atoms with Gasteiger partial charge in [0.2, 0.25) is 0 Å². The molecular weight excluding hydrogens is 236 g/mol. The summed E-state index contributed by atoms with van der Waals surface area (Å²) in [4.78, 5) is 4.46. The van der Waals surface area contributed by atoms with Gasteiger partial charge in [-0.3, -0.25) is 4.68 Å². The van der Waals surface area contributed by atoms with Gasteiger partial charge < -0.3 is 4.57 Å². The average molecular weight is 252 g/mol. The highest BCUT2D eigenvalue weighted by Crippen LogP contribution is 2.19. The molecule has 0 radical (unpaired) electrons. The minimum atomic E-state index is 0.876. The second-order valence-corrected chi connectivity index (χ2v) is 4.49. The summed E-state index contributed by atoms with van der Waals surface area (Å²) in [5.74, 6) is 0. The summed E-state index contributed by atoms with van der Waals surface area (Å²) >= 11 is 0. The normalized spacial score (nSPS) is 10.8. The van der Waals surface area contributed by atoms with Crippen LogP contribution in [0.4, 0.5) is 0 Å². The van der Waals surface area contributed by atoms with Gasteiger partial charge in [0.05, 0.1) is 17.1 Å². The molecule has 3 aromatic rings. The lowest BCUT2D eigenvalue weighted by atomic mass is 10.2. The van der Waals surface area contributed by atoms with Crippen molar-refractivity contribution >= 4 is 0 Å². The van der Waals surface area contributed by atoms with Crippen LogP contribution in [-0.4, -0.2) is 19.3 Å². The minimum absolute atomic E-state index is 0.876. The van der Waals surface area contributed by atoms with Gasteiger partial charge in [-0.2, -0.15) is 5.10 Å². The molecule has 0 saturated carbocycles. The number of nitrogens with zero attached hydrogens (tertiary/aromatic N) is 4. The summed E-state index contributed by atoms with van der Waals surface area (Å²) in [6.07, 6.45) is 5.93. The van der Waals surface area contributed by atoms with Crippen molar-refractivity contribution in [2.45, 2.75) is 20.4 Å². The Morgan fingerprint density at radius 3 is 2.58 bits per heavy atom. The zero-order valence-electron chi connectivity index (χ0n) is 11.1. The van der Waals surface area contributed by atoms with Crippen LogP contribution in [-0.2, 0) is 6.54 Å². The summed E-state index contributed by atoms with van der Waals surface area (Å²) in [7, 11) is 0. The van der Waals surface area contributed by atoms with Crippen molar-refractivity contribution < 1.29 is 0 Å². The molecule has 0 aliphatic heterocycles. The number of imidazole rings is 1. The SMILES string of the molecule is CCn1cc(-n2cnc(-c3ccccc3)c2)c(C)n1. The van der Waals surface area contributed by atoms with Gasteiger partial charge in [0.1, 0.15) is 6.33 Å². The van der Waals surface area contributed by atoms with Crippen LogP contribution in [0.3, 0.4) is 0 Å². The van der Waals surface area contributed by atoms with Crippen molar-refractivity contribution in [3.63, 3.8) is 0 Å². The van der Waals surface area contributed by atoms with Gasteiger partial charge >= 0.3 is 0 Å². The van der Waals surface area contributed by atoms with Crippen LogP contribution < -0.4 is 0 Å². The summed E-state index contributed by atoms with van der Waals surface area (Å²) < 4.78 is 3.96. The molecule has 0 N–H and O–H groups in total. The third-order valence-electron chi connectivity index (χ3n) is 3.17. The fraction of sp³-hybridized carbons (Fsp3) is 0.200. The highest BCUT2D eigenvalue weighted by atomic mass is 15.3. The van der Waals surface area contributed by atoms with Crippen molar-refractivity contribution in [3.8, 4) is 16.9 Å². The molecule has 0 amide bonds. The van der Waals surface area contributed by atoms with Crippen LogP contribution in [0.2, 0.25) is 0 Å². The Kier molecular flexibility index (Phi) is 2.91. The first-order valence-electron chi connectivity index (χ1n) is 6.41. The quantitative estimate of drug-likeness (QED) is 0.718. The predicted octanol–water partition coefficient (Wildman–Crippen LogP) is 3.06. The molecule has 0 unspecified atom stereocenters. The molecule has 3 rings (SSSR count). The van der Waals surface area contributed by atoms with E-state index in [0.717, 1.165) is 29.2 Å². The number of benzene rings is 1. The van der Waals surface area contributed by atoms with Gasteiger partial charge in [0.25, 0.3) is 0 Å². The maximum Gasteiger partial charge on any atom is 0.100 e. The molecule has 96 valence electrons. The summed E-state index contributed by atoms with van der Waals surface area (Å²) in [5, 5.41) is 4.46. The zero-order valence-corrected chi connectivity index (χ0v) is 11.1. The highest BCUT2D eigenvalue weighted by molar-refractivity contribution is 5.58. The molecule has 0 atom stereocenters. The Bertz CT molecular complexity index is 679. The fourth-order valence-electron chi connectivity index (χ4n) is 2.14. The molecule has 0 fully saturated rings. The maximum atomic E-state index is 4.46. The van der Waals surface area contributed by atoms with Gasteiger partial charge in [0.15, 0.2) is 0 Å². The van der Waals surface area contributed by atoms with E-state index in [1.54, 1.807) is 0 Å². The number of aryl methyl sites for hydroxylation is 2. The molecule has 2 heterocycles. The van der Waals surface area contributed by atoms with Gasteiger partial charge in [0, 0.05) is 24.5 Å². The van der Waals surface area contributed by atoms with E-state index in [0.29, 0.717) is 0 Å². The topological polar surface area (TPSA) is 35.6 Å². The largest absolute Gasteiger partial charge is 0.302 e. The summed E-state index contributed by atoms with van der Waals surface area (Å²) in [5.41, 5.74) is 4.20.